The fraction of sp³-hybridized carbons (Fsp3) is 0.222. The fourth-order valence-electron chi connectivity index (χ4n) is 4.32. The highest BCUT2D eigenvalue weighted by Gasteiger charge is 2.23. The van der Waals surface area contributed by atoms with Gasteiger partial charge in [-0.3, -0.25) is 14.2 Å². The first kappa shape index (κ1) is 24.5. The number of para-hydroxylation sites is 2. The summed E-state index contributed by atoms with van der Waals surface area (Å²) in [4.78, 5) is 28.1. The van der Waals surface area contributed by atoms with Crippen molar-refractivity contribution in [2.45, 2.75) is 38.3 Å². The second-order valence-corrected chi connectivity index (χ2v) is 11.4. The molecule has 36 heavy (non-hydrogen) atoms. The van der Waals surface area contributed by atoms with Crippen LogP contribution in [0.15, 0.2) is 69.3 Å². The summed E-state index contributed by atoms with van der Waals surface area (Å²) in [7, 11) is 0. The molecule has 0 saturated heterocycles. The van der Waals surface area contributed by atoms with Crippen molar-refractivity contribution in [3.8, 4) is 0 Å². The number of fused-ring (bicyclic) bond motifs is 2. The van der Waals surface area contributed by atoms with Crippen molar-refractivity contribution in [3.63, 3.8) is 0 Å². The number of hydrogen-bond acceptors (Lipinski definition) is 6. The van der Waals surface area contributed by atoms with Gasteiger partial charge in [0.25, 0.3) is 10.6 Å². The molecule has 0 spiro atoms. The molecule has 1 aliphatic rings. The Morgan fingerprint density at radius 2 is 1.83 bits per heavy atom. The maximum absolute atomic E-state index is 13.4. The number of thiazole rings is 2. The first-order valence-electron chi connectivity index (χ1n) is 11.8. The Labute approximate surface area is 220 Å². The maximum atomic E-state index is 13.4. The highest BCUT2D eigenvalue weighted by Crippen LogP contribution is 2.45. The topological polar surface area (TPSA) is 66.4 Å². The molecule has 0 atom stereocenters. The van der Waals surface area contributed by atoms with Crippen molar-refractivity contribution in [2.75, 3.05) is 11.4 Å². The van der Waals surface area contributed by atoms with Gasteiger partial charge in [-0.1, -0.05) is 47.4 Å². The molecule has 2 aromatic heterocycles. The van der Waals surface area contributed by atoms with E-state index >= 15 is 0 Å². The molecule has 0 aliphatic carbocycles. The molecule has 3 heterocycles. The standard InChI is InChI=1S/C27H25N3O3S3/c1-3-28-18-9-5-7-11-20(18)34-23(28)14-13-22-27(33)30(16-15-26(31)32)25(36-22)17-24-29(4-2)19-10-6-8-12-21(19)35-24/h5-14,17H,3-4,15-16H2,1-2H3/p+1. The summed E-state index contributed by atoms with van der Waals surface area (Å²) in [5.41, 5.74) is 2.18. The Kier molecular flexibility index (Phi) is 7.13. The van der Waals surface area contributed by atoms with E-state index < -0.39 is 5.97 Å². The first-order chi connectivity index (χ1) is 17.5. The van der Waals surface area contributed by atoms with Crippen LogP contribution in [0.1, 0.15) is 25.3 Å². The fourth-order valence-corrected chi connectivity index (χ4v) is 7.70. The van der Waals surface area contributed by atoms with Crippen LogP contribution < -0.4 is 24.2 Å². The molecule has 2 aromatic carbocycles. The predicted molar refractivity (Wildman–Crippen MR) is 149 cm³/mol. The number of carboxylic acid groups (broad SMARTS) is 1. The van der Waals surface area contributed by atoms with Crippen LogP contribution >= 0.6 is 34.4 Å². The third-order valence-corrected chi connectivity index (χ3v) is 9.34. The summed E-state index contributed by atoms with van der Waals surface area (Å²) in [5, 5.41) is 11.4. The number of nitrogens with zero attached hydrogens (tertiary/aromatic N) is 3. The number of carbonyl (C=O) groups is 1. The van der Waals surface area contributed by atoms with Crippen molar-refractivity contribution in [3.05, 3.63) is 84.2 Å². The lowest BCUT2D eigenvalue weighted by Gasteiger charge is -2.17. The van der Waals surface area contributed by atoms with Gasteiger partial charge in [-0.2, -0.15) is 4.57 Å². The molecule has 0 fully saturated rings. The largest absolute Gasteiger partial charge is 0.481 e. The SMILES string of the molecule is CCN1C(=CC=c2sc(=Cc3sc4ccccc4[n+]3CC)n(CCC(=O)O)c2=O)Sc2ccccc21. The van der Waals surface area contributed by atoms with Crippen LogP contribution in [0.25, 0.3) is 22.4 Å². The lowest BCUT2D eigenvalue weighted by Crippen LogP contribution is -2.35. The van der Waals surface area contributed by atoms with E-state index in [1.807, 2.05) is 42.5 Å². The number of rotatable bonds is 7. The van der Waals surface area contributed by atoms with E-state index in [1.54, 1.807) is 27.7 Å². The van der Waals surface area contributed by atoms with Crippen LogP contribution in [0, 0.1) is 0 Å². The Morgan fingerprint density at radius 3 is 2.61 bits per heavy atom. The van der Waals surface area contributed by atoms with Crippen molar-refractivity contribution >= 4 is 68.5 Å². The first-order valence-corrected chi connectivity index (χ1v) is 14.3. The van der Waals surface area contributed by atoms with E-state index in [9.17, 15) is 14.7 Å². The summed E-state index contributed by atoms with van der Waals surface area (Å²) in [5.74, 6) is -0.920. The number of allylic oxidation sites excluding steroid dienone is 1. The number of hydrogen-bond donors (Lipinski definition) is 1. The molecule has 9 heteroatoms. The highest BCUT2D eigenvalue weighted by atomic mass is 32.2. The lowest BCUT2D eigenvalue weighted by atomic mass is 10.3. The summed E-state index contributed by atoms with van der Waals surface area (Å²) in [6.07, 6.45) is 5.79. The van der Waals surface area contributed by atoms with E-state index in [-0.39, 0.29) is 18.5 Å². The third-order valence-electron chi connectivity index (χ3n) is 6.02. The smallest absolute Gasteiger partial charge is 0.305 e. The van der Waals surface area contributed by atoms with Gasteiger partial charge in [-0.25, -0.2) is 0 Å². The Bertz CT molecular complexity index is 1660. The number of aryl methyl sites for hydroxylation is 1. The van der Waals surface area contributed by atoms with Gasteiger partial charge in [0.1, 0.15) is 15.9 Å². The van der Waals surface area contributed by atoms with Gasteiger partial charge in [0.05, 0.1) is 27.7 Å². The highest BCUT2D eigenvalue weighted by molar-refractivity contribution is 8.03. The molecule has 0 amide bonds. The Hall–Kier alpha value is -3.14. The average molecular weight is 537 g/mol. The van der Waals surface area contributed by atoms with Gasteiger partial charge >= 0.3 is 5.97 Å². The van der Waals surface area contributed by atoms with Gasteiger partial charge in [0, 0.05) is 24.1 Å². The molecular formula is C27H26N3O3S3+. The van der Waals surface area contributed by atoms with E-state index in [4.69, 9.17) is 0 Å². The van der Waals surface area contributed by atoms with Crippen LogP contribution in [0.5, 0.6) is 0 Å². The molecule has 0 unspecified atom stereocenters. The van der Waals surface area contributed by atoms with Gasteiger partial charge in [-0.15, -0.1) is 11.3 Å². The predicted octanol–water partition coefficient (Wildman–Crippen LogP) is 3.99. The number of carboxylic acids is 1. The van der Waals surface area contributed by atoms with Crippen LogP contribution in [-0.4, -0.2) is 22.2 Å². The summed E-state index contributed by atoms with van der Waals surface area (Å²) in [6.45, 7) is 5.99. The molecule has 4 aromatic rings. The van der Waals surface area contributed by atoms with Crippen LogP contribution in [0.2, 0.25) is 0 Å². The molecule has 1 N–H and O–H groups in total. The molecule has 6 nitrogen and oxygen atoms in total. The van der Waals surface area contributed by atoms with Gasteiger partial charge in [0.15, 0.2) is 0 Å². The molecule has 1 aliphatic heterocycles. The summed E-state index contributed by atoms with van der Waals surface area (Å²) in [6, 6.07) is 16.5. The molecule has 0 radical (unpaired) electrons. The molecule has 0 saturated carbocycles. The van der Waals surface area contributed by atoms with E-state index in [0.29, 0.717) is 4.53 Å². The van der Waals surface area contributed by atoms with Crippen LogP contribution in [-0.2, 0) is 17.9 Å². The zero-order chi connectivity index (χ0) is 25.2. The van der Waals surface area contributed by atoms with Gasteiger partial charge in [0.2, 0.25) is 5.52 Å². The van der Waals surface area contributed by atoms with Crippen LogP contribution in [0.3, 0.4) is 0 Å². The minimum atomic E-state index is -0.920. The Balaban J connectivity index is 1.62. The lowest BCUT2D eigenvalue weighted by molar-refractivity contribution is -0.665. The number of anilines is 1. The van der Waals surface area contributed by atoms with Crippen molar-refractivity contribution < 1.29 is 14.5 Å². The molecule has 5 rings (SSSR count). The minimum absolute atomic E-state index is 0.104. The van der Waals surface area contributed by atoms with Gasteiger partial charge < -0.3 is 10.0 Å². The van der Waals surface area contributed by atoms with Crippen LogP contribution in [0.4, 0.5) is 5.69 Å². The normalized spacial score (nSPS) is 15.4. The van der Waals surface area contributed by atoms with Crippen molar-refractivity contribution in [2.24, 2.45) is 0 Å². The van der Waals surface area contributed by atoms with E-state index in [0.717, 1.165) is 33.3 Å². The summed E-state index contributed by atoms with van der Waals surface area (Å²) < 4.78 is 6.35. The minimum Gasteiger partial charge on any atom is -0.481 e. The second kappa shape index (κ2) is 10.5. The van der Waals surface area contributed by atoms with E-state index in [1.165, 1.54) is 26.6 Å². The Morgan fingerprint density at radius 1 is 1.06 bits per heavy atom. The van der Waals surface area contributed by atoms with E-state index in [2.05, 4.69) is 47.6 Å². The quantitative estimate of drug-likeness (QED) is 0.362. The zero-order valence-electron chi connectivity index (χ0n) is 20.0. The average Bonchev–Trinajstić information content (AvgIpc) is 3.51. The molecule has 184 valence electrons. The molecule has 0 bridgehead atoms. The number of aromatic nitrogens is 2. The van der Waals surface area contributed by atoms with Gasteiger partial charge in [-0.05, 0) is 44.2 Å². The van der Waals surface area contributed by atoms with Crippen molar-refractivity contribution in [1.29, 1.82) is 0 Å². The number of aliphatic carboxylic acids is 1. The molecular weight excluding hydrogens is 511 g/mol. The zero-order valence-corrected chi connectivity index (χ0v) is 22.5. The monoisotopic (exact) mass is 536 g/mol. The number of benzene rings is 2. The third kappa shape index (κ3) is 4.66. The summed E-state index contributed by atoms with van der Waals surface area (Å²) >= 11 is 4.77. The number of thioether (sulfide) groups is 1. The van der Waals surface area contributed by atoms with Crippen molar-refractivity contribution in [1.82, 2.24) is 4.57 Å². The second-order valence-electron chi connectivity index (χ2n) is 8.19. The maximum Gasteiger partial charge on any atom is 0.305 e.